The van der Waals surface area contributed by atoms with E-state index in [4.69, 9.17) is 4.52 Å². The topological polar surface area (TPSA) is 89.9 Å². The Morgan fingerprint density at radius 2 is 2.50 bits per heavy atom. The van der Waals surface area contributed by atoms with E-state index in [0.717, 1.165) is 0 Å². The van der Waals surface area contributed by atoms with Crippen LogP contribution in [0.3, 0.4) is 0 Å². The van der Waals surface area contributed by atoms with E-state index >= 15 is 0 Å². The number of hydrogen-bond donors (Lipinski definition) is 1. The van der Waals surface area contributed by atoms with E-state index in [1.165, 1.54) is 17.2 Å². The van der Waals surface area contributed by atoms with Crippen molar-refractivity contribution in [2.24, 2.45) is 0 Å². The van der Waals surface area contributed by atoms with E-state index in [2.05, 4.69) is 20.5 Å². The van der Waals surface area contributed by atoms with Crippen molar-refractivity contribution in [1.82, 2.24) is 25.1 Å². The molecule has 0 fully saturated rings. The van der Waals surface area contributed by atoms with Crippen molar-refractivity contribution in [3.63, 3.8) is 0 Å². The largest absolute Gasteiger partial charge is 0.387 e. The predicted octanol–water partition coefficient (Wildman–Crippen LogP) is -0.237. The first kappa shape index (κ1) is 8.82. The van der Waals surface area contributed by atoms with Gasteiger partial charge in [-0.3, -0.25) is 0 Å². The molecule has 7 heteroatoms. The Labute approximate surface area is 79.4 Å². The van der Waals surface area contributed by atoms with Crippen molar-refractivity contribution in [2.45, 2.75) is 19.6 Å². The smallest absolute Gasteiger partial charge is 0.248 e. The Kier molecular flexibility index (Phi) is 2.23. The van der Waals surface area contributed by atoms with Gasteiger partial charge in [0.15, 0.2) is 6.33 Å². The molecule has 1 atom stereocenters. The Bertz CT molecular complexity index is 394. The molecule has 2 heterocycles. The van der Waals surface area contributed by atoms with Gasteiger partial charge in [0.05, 0.1) is 18.0 Å². The molecule has 0 unspecified atom stereocenters. The summed E-state index contributed by atoms with van der Waals surface area (Å²) < 4.78 is 6.32. The maximum Gasteiger partial charge on any atom is 0.248 e. The highest BCUT2D eigenvalue weighted by atomic mass is 16.5. The van der Waals surface area contributed by atoms with Crippen LogP contribution in [0.5, 0.6) is 0 Å². The number of rotatable bonds is 3. The highest BCUT2D eigenvalue weighted by Gasteiger charge is 2.11. The maximum absolute atomic E-state index is 9.35. The lowest BCUT2D eigenvalue weighted by atomic mass is 10.3. The average molecular weight is 195 g/mol. The average Bonchev–Trinajstić information content (AvgIpc) is 2.75. The van der Waals surface area contributed by atoms with Crippen LogP contribution in [0.4, 0.5) is 0 Å². The van der Waals surface area contributed by atoms with E-state index in [9.17, 15) is 5.11 Å². The number of aliphatic hydroxyl groups excluding tert-OH is 1. The van der Waals surface area contributed by atoms with Gasteiger partial charge in [-0.15, -0.1) is 5.10 Å². The second-order valence-corrected chi connectivity index (χ2v) is 2.83. The number of aliphatic hydroxyl groups is 1. The zero-order chi connectivity index (χ0) is 9.97. The lowest BCUT2D eigenvalue weighted by molar-refractivity contribution is 0.186. The van der Waals surface area contributed by atoms with E-state index in [0.29, 0.717) is 18.1 Å². The molecule has 0 bridgehead atoms. The van der Waals surface area contributed by atoms with Crippen LogP contribution in [0, 0.1) is 0 Å². The fourth-order valence-electron chi connectivity index (χ4n) is 1.11. The first-order chi connectivity index (χ1) is 6.77. The minimum absolute atomic E-state index is 0.320. The minimum atomic E-state index is -0.618. The third kappa shape index (κ3) is 1.62. The fraction of sp³-hybridized carbons (Fsp3) is 0.429. The lowest BCUT2D eigenvalue weighted by Crippen LogP contribution is -2.08. The molecule has 2 rings (SSSR count). The molecular formula is C7H9N5O2. The third-order valence-electron chi connectivity index (χ3n) is 1.77. The van der Waals surface area contributed by atoms with Crippen molar-refractivity contribution in [3.05, 3.63) is 24.1 Å². The Balaban J connectivity index is 2.21. The second kappa shape index (κ2) is 3.54. The van der Waals surface area contributed by atoms with Crippen LogP contribution in [-0.2, 0) is 6.54 Å². The van der Waals surface area contributed by atoms with Crippen LogP contribution in [0.25, 0.3) is 0 Å². The van der Waals surface area contributed by atoms with Crippen LogP contribution in [0.15, 0.2) is 17.0 Å². The van der Waals surface area contributed by atoms with Gasteiger partial charge in [-0.05, 0) is 6.92 Å². The first-order valence-corrected chi connectivity index (χ1v) is 4.09. The predicted molar refractivity (Wildman–Crippen MR) is 44.1 cm³/mol. The summed E-state index contributed by atoms with van der Waals surface area (Å²) in [6, 6.07) is 0. The Hall–Kier alpha value is -1.76. The van der Waals surface area contributed by atoms with Gasteiger partial charge in [0.25, 0.3) is 0 Å². The molecule has 0 aliphatic heterocycles. The number of nitrogens with zero attached hydrogens (tertiary/aromatic N) is 5. The Morgan fingerprint density at radius 3 is 3.14 bits per heavy atom. The van der Waals surface area contributed by atoms with Gasteiger partial charge in [0.2, 0.25) is 5.89 Å². The molecule has 0 aromatic carbocycles. The summed E-state index contributed by atoms with van der Waals surface area (Å²) in [6.07, 6.45) is 2.20. The van der Waals surface area contributed by atoms with Crippen molar-refractivity contribution in [3.8, 4) is 0 Å². The SMILES string of the molecule is C[C@@H](O)c1cnnn1Cc1ncno1. The van der Waals surface area contributed by atoms with E-state index in [1.54, 1.807) is 6.92 Å². The van der Waals surface area contributed by atoms with Gasteiger partial charge in [-0.2, -0.15) is 4.98 Å². The molecule has 0 saturated carbocycles. The molecule has 0 amide bonds. The van der Waals surface area contributed by atoms with Crippen LogP contribution in [-0.4, -0.2) is 30.2 Å². The molecule has 2 aromatic rings. The van der Waals surface area contributed by atoms with Gasteiger partial charge in [0.1, 0.15) is 6.54 Å². The quantitative estimate of drug-likeness (QED) is 0.727. The standard InChI is InChI=1S/C7H9N5O2/c1-5(13)6-2-9-11-12(6)3-7-8-4-10-14-7/h2,4-5,13H,3H2,1H3/t5-/m1/s1. The molecule has 1 N–H and O–H groups in total. The summed E-state index contributed by atoms with van der Waals surface area (Å²) in [5.41, 5.74) is 0.614. The molecule has 14 heavy (non-hydrogen) atoms. The molecule has 0 aliphatic rings. The highest BCUT2D eigenvalue weighted by Crippen LogP contribution is 2.10. The van der Waals surface area contributed by atoms with E-state index < -0.39 is 6.10 Å². The molecular weight excluding hydrogens is 186 g/mol. The Morgan fingerprint density at radius 1 is 1.64 bits per heavy atom. The van der Waals surface area contributed by atoms with Crippen molar-refractivity contribution in [1.29, 1.82) is 0 Å². The molecule has 74 valence electrons. The van der Waals surface area contributed by atoms with Gasteiger partial charge in [-0.25, -0.2) is 4.68 Å². The van der Waals surface area contributed by atoms with Crippen molar-refractivity contribution < 1.29 is 9.63 Å². The summed E-state index contributed by atoms with van der Waals surface area (Å²) in [4.78, 5) is 3.84. The highest BCUT2D eigenvalue weighted by molar-refractivity contribution is 4.98. The van der Waals surface area contributed by atoms with E-state index in [-0.39, 0.29) is 0 Å². The molecule has 2 aromatic heterocycles. The zero-order valence-electron chi connectivity index (χ0n) is 7.53. The van der Waals surface area contributed by atoms with Crippen LogP contribution in [0.1, 0.15) is 24.6 Å². The number of hydrogen-bond acceptors (Lipinski definition) is 6. The second-order valence-electron chi connectivity index (χ2n) is 2.83. The van der Waals surface area contributed by atoms with Crippen LogP contribution in [0.2, 0.25) is 0 Å². The van der Waals surface area contributed by atoms with E-state index in [1.807, 2.05) is 0 Å². The normalized spacial score (nSPS) is 13.0. The fourth-order valence-corrected chi connectivity index (χ4v) is 1.11. The third-order valence-corrected chi connectivity index (χ3v) is 1.77. The van der Waals surface area contributed by atoms with Crippen molar-refractivity contribution in [2.75, 3.05) is 0 Å². The molecule has 0 spiro atoms. The summed E-state index contributed by atoms with van der Waals surface area (Å²) in [5.74, 6) is 0.428. The van der Waals surface area contributed by atoms with Crippen LogP contribution >= 0.6 is 0 Å². The summed E-state index contributed by atoms with van der Waals surface area (Å²) >= 11 is 0. The molecule has 0 aliphatic carbocycles. The van der Waals surface area contributed by atoms with Crippen LogP contribution < -0.4 is 0 Å². The summed E-state index contributed by atoms with van der Waals surface area (Å²) in [6.45, 7) is 1.96. The van der Waals surface area contributed by atoms with Gasteiger partial charge in [0, 0.05) is 0 Å². The lowest BCUT2D eigenvalue weighted by Gasteiger charge is -2.04. The van der Waals surface area contributed by atoms with Crippen molar-refractivity contribution >= 4 is 0 Å². The van der Waals surface area contributed by atoms with Gasteiger partial charge in [-0.1, -0.05) is 10.4 Å². The summed E-state index contributed by atoms with van der Waals surface area (Å²) in [5, 5.41) is 20.3. The number of aromatic nitrogens is 5. The summed E-state index contributed by atoms with van der Waals surface area (Å²) in [7, 11) is 0. The zero-order valence-corrected chi connectivity index (χ0v) is 7.53. The first-order valence-electron chi connectivity index (χ1n) is 4.09. The molecule has 0 saturated heterocycles. The maximum atomic E-state index is 9.35. The van der Waals surface area contributed by atoms with Gasteiger partial charge >= 0.3 is 0 Å². The minimum Gasteiger partial charge on any atom is -0.387 e. The van der Waals surface area contributed by atoms with Gasteiger partial charge < -0.3 is 9.63 Å². The molecule has 7 nitrogen and oxygen atoms in total. The molecule has 0 radical (unpaired) electrons. The monoisotopic (exact) mass is 195 g/mol.